The summed E-state index contributed by atoms with van der Waals surface area (Å²) in [7, 11) is 5.62. The van der Waals surface area contributed by atoms with Crippen LogP contribution in [0.3, 0.4) is 0 Å². The van der Waals surface area contributed by atoms with Crippen molar-refractivity contribution in [1.82, 2.24) is 10.3 Å². The molecule has 0 saturated heterocycles. The average Bonchev–Trinajstić information content (AvgIpc) is 2.53. The molecule has 106 valence electrons. The highest BCUT2D eigenvalue weighted by Gasteiger charge is 2.07. The van der Waals surface area contributed by atoms with Crippen LogP contribution >= 0.6 is 0 Å². The molecular weight excluding hydrogens is 250 g/mol. The molecule has 0 fully saturated rings. The first-order valence-electron chi connectivity index (χ1n) is 6.66. The lowest BCUT2D eigenvalue weighted by atomic mass is 10.1. The van der Waals surface area contributed by atoms with Crippen LogP contribution in [-0.4, -0.2) is 26.2 Å². The number of anilines is 2. The average molecular weight is 271 g/mol. The zero-order chi connectivity index (χ0) is 14.5. The SMILES string of the molecule is CNC(C)c1ccc(N(C)c2ccc(OC)cc2)nc1. The Morgan fingerprint density at radius 1 is 1.15 bits per heavy atom. The first-order valence-corrected chi connectivity index (χ1v) is 6.66. The van der Waals surface area contributed by atoms with Gasteiger partial charge in [-0.25, -0.2) is 4.98 Å². The highest BCUT2D eigenvalue weighted by molar-refractivity contribution is 5.60. The van der Waals surface area contributed by atoms with Crippen molar-refractivity contribution in [1.29, 1.82) is 0 Å². The van der Waals surface area contributed by atoms with Crippen LogP contribution in [0.25, 0.3) is 0 Å². The number of nitrogens with zero attached hydrogens (tertiary/aromatic N) is 2. The number of hydrogen-bond acceptors (Lipinski definition) is 4. The third kappa shape index (κ3) is 3.08. The number of benzene rings is 1. The van der Waals surface area contributed by atoms with Crippen LogP contribution < -0.4 is 15.0 Å². The minimum Gasteiger partial charge on any atom is -0.497 e. The summed E-state index contributed by atoms with van der Waals surface area (Å²) in [5, 5.41) is 3.21. The molecule has 0 bridgehead atoms. The summed E-state index contributed by atoms with van der Waals surface area (Å²) in [5.74, 6) is 1.77. The van der Waals surface area contributed by atoms with Gasteiger partial charge in [0, 0.05) is 25.0 Å². The van der Waals surface area contributed by atoms with Crippen molar-refractivity contribution in [2.75, 3.05) is 26.1 Å². The number of hydrogen-bond donors (Lipinski definition) is 1. The van der Waals surface area contributed by atoms with Gasteiger partial charge in [0.15, 0.2) is 0 Å². The number of ether oxygens (including phenoxy) is 1. The molecule has 0 aliphatic rings. The Bertz CT molecular complexity index is 537. The van der Waals surface area contributed by atoms with Crippen LogP contribution in [0.2, 0.25) is 0 Å². The van der Waals surface area contributed by atoms with Crippen LogP contribution in [0, 0.1) is 0 Å². The largest absolute Gasteiger partial charge is 0.497 e. The van der Waals surface area contributed by atoms with Crippen molar-refractivity contribution in [3.8, 4) is 5.75 Å². The Morgan fingerprint density at radius 3 is 2.35 bits per heavy atom. The number of rotatable bonds is 5. The smallest absolute Gasteiger partial charge is 0.132 e. The lowest BCUT2D eigenvalue weighted by Gasteiger charge is -2.19. The predicted molar refractivity (Wildman–Crippen MR) is 82.8 cm³/mol. The molecule has 1 aromatic carbocycles. The second-order valence-corrected chi connectivity index (χ2v) is 4.72. The molecule has 0 aliphatic carbocycles. The van der Waals surface area contributed by atoms with Gasteiger partial charge in [-0.05, 0) is 49.9 Å². The van der Waals surface area contributed by atoms with Crippen molar-refractivity contribution in [3.63, 3.8) is 0 Å². The fourth-order valence-corrected chi connectivity index (χ4v) is 1.96. The van der Waals surface area contributed by atoms with Crippen molar-refractivity contribution in [2.24, 2.45) is 0 Å². The molecule has 2 aromatic rings. The maximum atomic E-state index is 5.17. The van der Waals surface area contributed by atoms with Crippen molar-refractivity contribution in [2.45, 2.75) is 13.0 Å². The molecule has 1 unspecified atom stereocenters. The first kappa shape index (κ1) is 14.3. The van der Waals surface area contributed by atoms with Crippen LogP contribution in [0.15, 0.2) is 42.6 Å². The standard InChI is InChI=1S/C16H21N3O/c1-12(17-2)13-5-10-16(18-11-13)19(3)14-6-8-15(20-4)9-7-14/h5-12,17H,1-4H3. The summed E-state index contributed by atoms with van der Waals surface area (Å²) in [4.78, 5) is 6.57. The molecule has 20 heavy (non-hydrogen) atoms. The predicted octanol–water partition coefficient (Wildman–Crippen LogP) is 3.14. The van der Waals surface area contributed by atoms with Gasteiger partial charge in [-0.3, -0.25) is 0 Å². The molecule has 1 heterocycles. The van der Waals surface area contributed by atoms with E-state index in [0.29, 0.717) is 6.04 Å². The van der Waals surface area contributed by atoms with Gasteiger partial charge in [-0.2, -0.15) is 0 Å². The van der Waals surface area contributed by atoms with Gasteiger partial charge in [0.1, 0.15) is 11.6 Å². The zero-order valence-electron chi connectivity index (χ0n) is 12.4. The van der Waals surface area contributed by atoms with Gasteiger partial charge in [0.2, 0.25) is 0 Å². The van der Waals surface area contributed by atoms with E-state index in [0.717, 1.165) is 17.3 Å². The van der Waals surface area contributed by atoms with Crippen LogP contribution in [0.5, 0.6) is 5.75 Å². The van der Waals surface area contributed by atoms with E-state index in [1.807, 2.05) is 55.5 Å². The zero-order valence-corrected chi connectivity index (χ0v) is 12.4. The summed E-state index contributed by atoms with van der Waals surface area (Å²) in [5.41, 5.74) is 2.26. The second kappa shape index (κ2) is 6.39. The highest BCUT2D eigenvalue weighted by Crippen LogP contribution is 2.24. The van der Waals surface area contributed by atoms with Crippen LogP contribution in [-0.2, 0) is 0 Å². The van der Waals surface area contributed by atoms with E-state index in [1.165, 1.54) is 5.56 Å². The van der Waals surface area contributed by atoms with Gasteiger partial charge < -0.3 is 15.0 Å². The summed E-state index contributed by atoms with van der Waals surface area (Å²) in [6.45, 7) is 2.11. The van der Waals surface area contributed by atoms with Gasteiger partial charge in [-0.1, -0.05) is 6.07 Å². The van der Waals surface area contributed by atoms with E-state index in [4.69, 9.17) is 4.74 Å². The molecule has 4 nitrogen and oxygen atoms in total. The summed E-state index contributed by atoms with van der Waals surface area (Å²) < 4.78 is 5.17. The Hall–Kier alpha value is -2.07. The normalized spacial score (nSPS) is 12.0. The molecule has 0 spiro atoms. The van der Waals surface area contributed by atoms with Gasteiger partial charge in [0.05, 0.1) is 7.11 Å². The van der Waals surface area contributed by atoms with Gasteiger partial charge in [0.25, 0.3) is 0 Å². The lowest BCUT2D eigenvalue weighted by Crippen LogP contribution is -2.14. The highest BCUT2D eigenvalue weighted by atomic mass is 16.5. The third-order valence-electron chi connectivity index (χ3n) is 3.51. The van der Waals surface area contributed by atoms with Crippen molar-refractivity contribution in [3.05, 3.63) is 48.2 Å². The molecule has 1 aromatic heterocycles. The third-order valence-corrected chi connectivity index (χ3v) is 3.51. The molecule has 0 radical (unpaired) electrons. The maximum Gasteiger partial charge on any atom is 0.132 e. The van der Waals surface area contributed by atoms with E-state index >= 15 is 0 Å². The quantitative estimate of drug-likeness (QED) is 0.906. The number of nitrogens with one attached hydrogen (secondary N) is 1. The Kier molecular flexibility index (Phi) is 4.58. The molecule has 0 aliphatic heterocycles. The van der Waals surface area contributed by atoms with Gasteiger partial charge in [-0.15, -0.1) is 0 Å². The fourth-order valence-electron chi connectivity index (χ4n) is 1.96. The Balaban J connectivity index is 2.17. The molecular formula is C16H21N3O. The summed E-state index contributed by atoms with van der Waals surface area (Å²) in [6, 6.07) is 12.4. The second-order valence-electron chi connectivity index (χ2n) is 4.72. The Labute approximate surface area is 120 Å². The monoisotopic (exact) mass is 271 g/mol. The van der Waals surface area contributed by atoms with E-state index in [9.17, 15) is 0 Å². The van der Waals surface area contributed by atoms with E-state index in [-0.39, 0.29) is 0 Å². The minimum absolute atomic E-state index is 0.308. The van der Waals surface area contributed by atoms with Crippen molar-refractivity contribution < 1.29 is 4.74 Å². The van der Waals surface area contributed by atoms with Crippen LogP contribution in [0.4, 0.5) is 11.5 Å². The first-order chi connectivity index (χ1) is 9.65. The molecule has 0 amide bonds. The van der Waals surface area contributed by atoms with E-state index in [1.54, 1.807) is 7.11 Å². The van der Waals surface area contributed by atoms with E-state index in [2.05, 4.69) is 23.3 Å². The molecule has 0 saturated carbocycles. The summed E-state index contributed by atoms with van der Waals surface area (Å²) in [6.07, 6.45) is 1.91. The molecule has 1 atom stereocenters. The fraction of sp³-hybridized carbons (Fsp3) is 0.312. The van der Waals surface area contributed by atoms with Crippen molar-refractivity contribution >= 4 is 11.5 Å². The molecule has 4 heteroatoms. The van der Waals surface area contributed by atoms with E-state index < -0.39 is 0 Å². The number of aromatic nitrogens is 1. The molecule has 2 rings (SSSR count). The number of methoxy groups -OCH3 is 1. The minimum atomic E-state index is 0.308. The molecule has 1 N–H and O–H groups in total. The van der Waals surface area contributed by atoms with Gasteiger partial charge >= 0.3 is 0 Å². The lowest BCUT2D eigenvalue weighted by molar-refractivity contribution is 0.415. The summed E-state index contributed by atoms with van der Waals surface area (Å²) >= 11 is 0. The van der Waals surface area contributed by atoms with Crippen LogP contribution in [0.1, 0.15) is 18.5 Å². The number of pyridine rings is 1. The topological polar surface area (TPSA) is 37.4 Å². The Morgan fingerprint density at radius 2 is 1.85 bits per heavy atom. The maximum absolute atomic E-state index is 5.17.